The van der Waals surface area contributed by atoms with E-state index in [2.05, 4.69) is 53.3 Å². The molecule has 1 atom stereocenters. The third kappa shape index (κ3) is 4.85. The van der Waals surface area contributed by atoms with Crippen molar-refractivity contribution in [2.24, 2.45) is 5.92 Å². The lowest BCUT2D eigenvalue weighted by Crippen LogP contribution is -2.44. The number of carbonyl (C=O) groups excluding carboxylic acids is 1. The van der Waals surface area contributed by atoms with Gasteiger partial charge < -0.3 is 14.5 Å². The van der Waals surface area contributed by atoms with E-state index in [-0.39, 0.29) is 5.92 Å². The first-order valence-electron chi connectivity index (χ1n) is 12.0. The van der Waals surface area contributed by atoms with Crippen molar-refractivity contribution >= 4 is 11.5 Å². The lowest BCUT2D eigenvalue weighted by atomic mass is 9.70. The number of hydrogen-bond donors (Lipinski definition) is 0. The van der Waals surface area contributed by atoms with E-state index in [1.165, 1.54) is 19.3 Å². The molecular weight excluding hydrogens is 396 g/mol. The van der Waals surface area contributed by atoms with Crippen LogP contribution in [0.15, 0.2) is 66.9 Å². The molecule has 0 amide bonds. The summed E-state index contributed by atoms with van der Waals surface area (Å²) >= 11 is 0. The molecule has 1 heterocycles. The van der Waals surface area contributed by atoms with Gasteiger partial charge in [-0.25, -0.2) is 0 Å². The maximum Gasteiger partial charge on any atom is 0.150 e. The topological polar surface area (TPSA) is 32.8 Å². The Kier molecular flexibility index (Phi) is 7.19. The highest BCUT2D eigenvalue weighted by Gasteiger charge is 2.37. The molecule has 0 spiro atoms. The SMILES string of the molecule is COc1ccccc1N1CCN(/C=C/[C@@](C)(C(=O)C2CCCCC2)c2ccccc2)CC1. The van der Waals surface area contributed by atoms with Crippen LogP contribution in [0.3, 0.4) is 0 Å². The molecule has 2 aromatic carbocycles. The molecule has 4 nitrogen and oxygen atoms in total. The van der Waals surface area contributed by atoms with E-state index in [0.29, 0.717) is 5.78 Å². The quantitative estimate of drug-likeness (QED) is 0.583. The van der Waals surface area contributed by atoms with Gasteiger partial charge in [-0.05, 0) is 43.7 Å². The summed E-state index contributed by atoms with van der Waals surface area (Å²) in [6.07, 6.45) is 10.0. The predicted octanol–water partition coefficient (Wildman–Crippen LogP) is 5.44. The smallest absolute Gasteiger partial charge is 0.150 e. The van der Waals surface area contributed by atoms with Gasteiger partial charge in [0.1, 0.15) is 11.5 Å². The first kappa shape index (κ1) is 22.4. The fourth-order valence-electron chi connectivity index (χ4n) is 5.15. The van der Waals surface area contributed by atoms with Crippen molar-refractivity contribution in [3.63, 3.8) is 0 Å². The monoisotopic (exact) mass is 432 g/mol. The summed E-state index contributed by atoms with van der Waals surface area (Å²) in [6.45, 7) is 5.83. The number of hydrogen-bond acceptors (Lipinski definition) is 4. The number of methoxy groups -OCH3 is 1. The van der Waals surface area contributed by atoms with Crippen molar-refractivity contribution in [1.82, 2.24) is 4.90 Å². The van der Waals surface area contributed by atoms with Crippen LogP contribution < -0.4 is 9.64 Å². The summed E-state index contributed by atoms with van der Waals surface area (Å²) in [5, 5.41) is 0. The van der Waals surface area contributed by atoms with Gasteiger partial charge in [0, 0.05) is 32.1 Å². The Morgan fingerprint density at radius 1 is 0.938 bits per heavy atom. The molecule has 2 aromatic rings. The Hall–Kier alpha value is -2.75. The molecule has 0 unspecified atom stereocenters. The van der Waals surface area contributed by atoms with Crippen molar-refractivity contribution in [3.05, 3.63) is 72.4 Å². The second-order valence-electron chi connectivity index (χ2n) is 9.28. The van der Waals surface area contributed by atoms with Crippen LogP contribution in [0.1, 0.15) is 44.6 Å². The zero-order valence-corrected chi connectivity index (χ0v) is 19.5. The van der Waals surface area contributed by atoms with Crippen LogP contribution >= 0.6 is 0 Å². The highest BCUT2D eigenvalue weighted by Crippen LogP contribution is 2.36. The number of para-hydroxylation sites is 2. The Morgan fingerprint density at radius 3 is 2.28 bits per heavy atom. The van der Waals surface area contributed by atoms with E-state index in [1.807, 2.05) is 30.3 Å². The minimum Gasteiger partial charge on any atom is -0.495 e. The zero-order chi connectivity index (χ0) is 22.4. The van der Waals surface area contributed by atoms with Crippen molar-refractivity contribution < 1.29 is 9.53 Å². The molecule has 0 aromatic heterocycles. The third-order valence-corrected chi connectivity index (χ3v) is 7.22. The summed E-state index contributed by atoms with van der Waals surface area (Å²) in [4.78, 5) is 18.4. The first-order chi connectivity index (χ1) is 15.6. The van der Waals surface area contributed by atoms with Gasteiger partial charge in [-0.15, -0.1) is 0 Å². The number of ether oxygens (including phenoxy) is 1. The molecule has 1 saturated carbocycles. The zero-order valence-electron chi connectivity index (χ0n) is 19.5. The number of benzene rings is 2. The second-order valence-corrected chi connectivity index (χ2v) is 9.28. The van der Waals surface area contributed by atoms with Crippen LogP contribution in [-0.4, -0.2) is 44.0 Å². The molecule has 1 saturated heterocycles. The van der Waals surface area contributed by atoms with Crippen LogP contribution in [0.5, 0.6) is 5.75 Å². The second kappa shape index (κ2) is 10.2. The van der Waals surface area contributed by atoms with E-state index in [0.717, 1.165) is 56.0 Å². The molecule has 4 heteroatoms. The Balaban J connectivity index is 1.48. The van der Waals surface area contributed by atoms with E-state index < -0.39 is 5.41 Å². The third-order valence-electron chi connectivity index (χ3n) is 7.22. The van der Waals surface area contributed by atoms with Crippen molar-refractivity contribution in [1.29, 1.82) is 0 Å². The molecular formula is C28H36N2O2. The number of Topliss-reactive ketones (excluding diaryl/α,β-unsaturated/α-hetero) is 1. The van der Waals surface area contributed by atoms with Crippen molar-refractivity contribution in [2.45, 2.75) is 44.4 Å². The molecule has 1 aliphatic carbocycles. The highest BCUT2D eigenvalue weighted by molar-refractivity contribution is 5.93. The molecule has 0 bridgehead atoms. The Morgan fingerprint density at radius 2 is 1.59 bits per heavy atom. The van der Waals surface area contributed by atoms with Gasteiger partial charge in [-0.3, -0.25) is 4.79 Å². The molecule has 0 N–H and O–H groups in total. The van der Waals surface area contributed by atoms with Gasteiger partial charge in [0.15, 0.2) is 0 Å². The number of nitrogens with zero attached hydrogens (tertiary/aromatic N) is 2. The summed E-state index contributed by atoms with van der Waals surface area (Å²) in [7, 11) is 1.73. The Labute approximate surface area is 192 Å². The molecule has 1 aliphatic heterocycles. The van der Waals surface area contributed by atoms with Crippen LogP contribution in [0, 0.1) is 5.92 Å². The van der Waals surface area contributed by atoms with Crippen molar-refractivity contribution in [3.8, 4) is 5.75 Å². The number of carbonyl (C=O) groups is 1. The fourth-order valence-corrected chi connectivity index (χ4v) is 5.15. The number of piperazine rings is 1. The number of ketones is 1. The van der Waals surface area contributed by atoms with E-state index in [1.54, 1.807) is 7.11 Å². The van der Waals surface area contributed by atoms with Gasteiger partial charge in [-0.1, -0.05) is 67.8 Å². The standard InChI is InChI=1S/C28H36N2O2/c1-28(24-13-7-4-8-14-24,27(31)23-11-5-3-6-12-23)17-18-29-19-21-30(22-20-29)25-15-9-10-16-26(25)32-2/h4,7-10,13-18,23H,3,5-6,11-12,19-22H2,1-2H3/b18-17+/t28-/m1/s1. The average molecular weight is 433 g/mol. The van der Waals surface area contributed by atoms with Gasteiger partial charge in [0.05, 0.1) is 18.2 Å². The largest absolute Gasteiger partial charge is 0.495 e. The fraction of sp³-hybridized carbons (Fsp3) is 0.464. The summed E-state index contributed by atoms with van der Waals surface area (Å²) < 4.78 is 5.54. The number of rotatable bonds is 7. The number of allylic oxidation sites excluding steroid dienone is 1. The molecule has 4 rings (SSSR count). The van der Waals surface area contributed by atoms with Gasteiger partial charge in [0.25, 0.3) is 0 Å². The minimum absolute atomic E-state index is 0.181. The lowest BCUT2D eigenvalue weighted by molar-refractivity contribution is -0.127. The van der Waals surface area contributed by atoms with Crippen molar-refractivity contribution in [2.75, 3.05) is 38.2 Å². The van der Waals surface area contributed by atoms with E-state index in [9.17, 15) is 4.79 Å². The molecule has 2 fully saturated rings. The van der Waals surface area contributed by atoms with E-state index >= 15 is 0 Å². The maximum absolute atomic E-state index is 13.7. The maximum atomic E-state index is 13.7. The summed E-state index contributed by atoms with van der Waals surface area (Å²) in [5.74, 6) is 1.49. The highest BCUT2D eigenvalue weighted by atomic mass is 16.5. The van der Waals surface area contributed by atoms with Crippen LogP contribution in [0.4, 0.5) is 5.69 Å². The lowest BCUT2D eigenvalue weighted by Gasteiger charge is -2.37. The van der Waals surface area contributed by atoms with E-state index in [4.69, 9.17) is 4.74 Å². The normalized spacial score (nSPS) is 19.7. The predicted molar refractivity (Wildman–Crippen MR) is 131 cm³/mol. The molecule has 170 valence electrons. The summed E-state index contributed by atoms with van der Waals surface area (Å²) in [6, 6.07) is 18.5. The minimum atomic E-state index is -0.580. The van der Waals surface area contributed by atoms with Gasteiger partial charge in [-0.2, -0.15) is 0 Å². The molecule has 2 aliphatic rings. The van der Waals surface area contributed by atoms with Gasteiger partial charge >= 0.3 is 0 Å². The summed E-state index contributed by atoms with van der Waals surface area (Å²) in [5.41, 5.74) is 1.67. The van der Waals surface area contributed by atoms with Crippen LogP contribution in [0.2, 0.25) is 0 Å². The molecule has 0 radical (unpaired) electrons. The van der Waals surface area contributed by atoms with Crippen LogP contribution in [-0.2, 0) is 10.2 Å². The molecule has 32 heavy (non-hydrogen) atoms. The number of anilines is 1. The first-order valence-corrected chi connectivity index (χ1v) is 12.0. The van der Waals surface area contributed by atoms with Gasteiger partial charge in [0.2, 0.25) is 0 Å². The average Bonchev–Trinajstić information content (AvgIpc) is 2.88. The van der Waals surface area contributed by atoms with Crippen LogP contribution in [0.25, 0.3) is 0 Å². The Bertz CT molecular complexity index is 912.